The molecule has 0 aromatic heterocycles. The second kappa shape index (κ2) is 8.91. The molecule has 0 aromatic carbocycles. The first-order valence-corrected chi connectivity index (χ1v) is 6.44. The Morgan fingerprint density at radius 1 is 1.22 bits per heavy atom. The Hall–Kier alpha value is -1.10. The van der Waals surface area contributed by atoms with Crippen molar-refractivity contribution in [1.29, 1.82) is 0 Å². The van der Waals surface area contributed by atoms with Crippen molar-refractivity contribution < 1.29 is 19.4 Å². The van der Waals surface area contributed by atoms with Crippen molar-refractivity contribution >= 4 is 11.9 Å². The fourth-order valence-corrected chi connectivity index (χ4v) is 1.74. The van der Waals surface area contributed by atoms with Gasteiger partial charge in [-0.3, -0.25) is 9.59 Å². The number of amides is 1. The number of carboxylic acids is 1. The molecule has 2 unspecified atom stereocenters. The summed E-state index contributed by atoms with van der Waals surface area (Å²) in [5.74, 6) is -0.505. The van der Waals surface area contributed by atoms with Crippen molar-refractivity contribution in [3.63, 3.8) is 0 Å². The molecule has 1 amide bonds. The molecule has 0 aliphatic carbocycles. The Morgan fingerprint density at radius 2 is 1.83 bits per heavy atom. The fourth-order valence-electron chi connectivity index (χ4n) is 1.74. The van der Waals surface area contributed by atoms with Gasteiger partial charge in [-0.05, 0) is 26.2 Å². The van der Waals surface area contributed by atoms with Gasteiger partial charge in [-0.25, -0.2) is 0 Å². The Morgan fingerprint density at radius 3 is 2.33 bits per heavy atom. The van der Waals surface area contributed by atoms with E-state index < -0.39 is 5.97 Å². The molecule has 2 N–H and O–H groups in total. The topological polar surface area (TPSA) is 75.6 Å². The average Bonchev–Trinajstić information content (AvgIpc) is 2.13. The van der Waals surface area contributed by atoms with E-state index in [0.717, 1.165) is 6.42 Å². The summed E-state index contributed by atoms with van der Waals surface area (Å²) in [6.45, 7) is 8.29. The third-order valence-electron chi connectivity index (χ3n) is 2.42. The third kappa shape index (κ3) is 10.1. The zero-order valence-electron chi connectivity index (χ0n) is 11.7. The highest BCUT2D eigenvalue weighted by atomic mass is 16.5. The van der Waals surface area contributed by atoms with Crippen LogP contribution in [0.4, 0.5) is 0 Å². The number of carboxylic acid groups (broad SMARTS) is 1. The van der Waals surface area contributed by atoms with Crippen molar-refractivity contribution in [3.8, 4) is 0 Å². The van der Waals surface area contributed by atoms with Crippen molar-refractivity contribution in [2.24, 2.45) is 5.92 Å². The molecular formula is C13H25NO4. The second-order valence-corrected chi connectivity index (χ2v) is 5.13. The normalized spacial score (nSPS) is 14.3. The molecule has 0 spiro atoms. The molecule has 5 nitrogen and oxygen atoms in total. The van der Waals surface area contributed by atoms with Crippen LogP contribution in [0.2, 0.25) is 0 Å². The van der Waals surface area contributed by atoms with Crippen LogP contribution in [0, 0.1) is 5.92 Å². The molecular weight excluding hydrogens is 234 g/mol. The number of carbonyl (C=O) groups excluding carboxylic acids is 1. The van der Waals surface area contributed by atoms with Gasteiger partial charge in [0, 0.05) is 12.5 Å². The molecule has 0 heterocycles. The van der Waals surface area contributed by atoms with Crippen LogP contribution < -0.4 is 5.32 Å². The van der Waals surface area contributed by atoms with E-state index in [-0.39, 0.29) is 30.9 Å². The molecule has 0 aromatic rings. The van der Waals surface area contributed by atoms with Gasteiger partial charge in [-0.2, -0.15) is 0 Å². The maximum absolute atomic E-state index is 11.5. The first-order valence-electron chi connectivity index (χ1n) is 6.44. The number of rotatable bonds is 9. The van der Waals surface area contributed by atoms with Crippen LogP contribution in [-0.4, -0.2) is 35.7 Å². The summed E-state index contributed by atoms with van der Waals surface area (Å²) in [6.07, 6.45) is 1.33. The fraction of sp³-hybridized carbons (Fsp3) is 0.846. The molecule has 2 atom stereocenters. The highest BCUT2D eigenvalue weighted by Gasteiger charge is 2.11. The van der Waals surface area contributed by atoms with Gasteiger partial charge >= 0.3 is 5.97 Å². The Labute approximate surface area is 109 Å². The predicted molar refractivity (Wildman–Crippen MR) is 69.3 cm³/mol. The third-order valence-corrected chi connectivity index (χ3v) is 2.42. The van der Waals surface area contributed by atoms with Gasteiger partial charge in [0.1, 0.15) is 0 Å². The number of hydrogen-bond acceptors (Lipinski definition) is 3. The smallest absolute Gasteiger partial charge is 0.305 e. The van der Waals surface area contributed by atoms with E-state index in [1.807, 2.05) is 6.92 Å². The Bertz CT molecular complexity index is 266. The van der Waals surface area contributed by atoms with E-state index in [4.69, 9.17) is 9.84 Å². The number of nitrogens with one attached hydrogen (secondary N) is 1. The predicted octanol–water partition coefficient (Wildman–Crippen LogP) is 1.81. The summed E-state index contributed by atoms with van der Waals surface area (Å²) in [4.78, 5) is 21.9. The molecule has 0 saturated heterocycles. The first-order chi connectivity index (χ1) is 8.31. The first kappa shape index (κ1) is 16.9. The van der Waals surface area contributed by atoms with Gasteiger partial charge in [0.15, 0.2) is 0 Å². The van der Waals surface area contributed by atoms with E-state index in [1.165, 1.54) is 0 Å². The summed E-state index contributed by atoms with van der Waals surface area (Å²) in [6, 6.07) is -0.344. The van der Waals surface area contributed by atoms with Crippen molar-refractivity contribution in [3.05, 3.63) is 0 Å². The molecule has 0 fully saturated rings. The van der Waals surface area contributed by atoms with E-state index in [9.17, 15) is 9.59 Å². The molecule has 0 bridgehead atoms. The lowest BCUT2D eigenvalue weighted by Gasteiger charge is -2.16. The number of hydrogen-bond donors (Lipinski definition) is 2. The van der Waals surface area contributed by atoms with Gasteiger partial charge in [0.2, 0.25) is 5.91 Å². The van der Waals surface area contributed by atoms with Crippen LogP contribution in [-0.2, 0) is 14.3 Å². The van der Waals surface area contributed by atoms with Gasteiger partial charge < -0.3 is 15.2 Å². The second-order valence-electron chi connectivity index (χ2n) is 5.13. The molecule has 0 radical (unpaired) electrons. The highest BCUT2D eigenvalue weighted by Crippen LogP contribution is 2.07. The van der Waals surface area contributed by atoms with Crippen molar-refractivity contribution in [1.82, 2.24) is 5.32 Å². The molecule has 106 valence electrons. The maximum Gasteiger partial charge on any atom is 0.305 e. The quantitative estimate of drug-likeness (QED) is 0.662. The van der Waals surface area contributed by atoms with E-state index >= 15 is 0 Å². The maximum atomic E-state index is 11.5. The summed E-state index contributed by atoms with van der Waals surface area (Å²) in [7, 11) is 0. The number of ether oxygens (including phenoxy) is 1. The van der Waals surface area contributed by atoms with Crippen LogP contribution in [0.15, 0.2) is 0 Å². The highest BCUT2D eigenvalue weighted by molar-refractivity contribution is 5.77. The lowest BCUT2D eigenvalue weighted by molar-refractivity contribution is -0.137. The van der Waals surface area contributed by atoms with Crippen molar-refractivity contribution in [2.45, 2.75) is 59.1 Å². The Kier molecular flexibility index (Phi) is 8.37. The van der Waals surface area contributed by atoms with Gasteiger partial charge in [0.25, 0.3) is 0 Å². The monoisotopic (exact) mass is 259 g/mol. The molecule has 18 heavy (non-hydrogen) atoms. The average molecular weight is 259 g/mol. The largest absolute Gasteiger partial charge is 0.481 e. The minimum absolute atomic E-state index is 0.0592. The summed E-state index contributed by atoms with van der Waals surface area (Å²) in [5.41, 5.74) is 0. The van der Waals surface area contributed by atoms with Crippen molar-refractivity contribution in [2.75, 3.05) is 6.61 Å². The molecule has 5 heteroatoms. The van der Waals surface area contributed by atoms with Crippen LogP contribution in [0.25, 0.3) is 0 Å². The van der Waals surface area contributed by atoms with Crippen LogP contribution in [0.1, 0.15) is 47.0 Å². The van der Waals surface area contributed by atoms with Gasteiger partial charge in [0.05, 0.1) is 19.1 Å². The Balaban J connectivity index is 3.67. The summed E-state index contributed by atoms with van der Waals surface area (Å²) < 4.78 is 5.51. The minimum atomic E-state index is -0.912. The zero-order valence-corrected chi connectivity index (χ0v) is 11.7. The van der Waals surface area contributed by atoms with Gasteiger partial charge in [-0.15, -0.1) is 0 Å². The minimum Gasteiger partial charge on any atom is -0.481 e. The molecule has 0 saturated carbocycles. The lowest BCUT2D eigenvalue weighted by Crippen LogP contribution is -2.34. The molecule has 0 rings (SSSR count). The van der Waals surface area contributed by atoms with E-state index in [1.54, 1.807) is 6.92 Å². The van der Waals surface area contributed by atoms with Crippen LogP contribution in [0.3, 0.4) is 0 Å². The van der Waals surface area contributed by atoms with Crippen LogP contribution in [0.5, 0.6) is 0 Å². The number of carbonyl (C=O) groups is 2. The van der Waals surface area contributed by atoms with E-state index in [0.29, 0.717) is 12.5 Å². The molecule has 0 aliphatic rings. The van der Waals surface area contributed by atoms with E-state index in [2.05, 4.69) is 19.2 Å². The standard InChI is InChI=1S/C13H25NO4/c1-9(2)7-11(4)18-6-5-12(15)14-10(3)8-13(16)17/h9-11H,5-8H2,1-4H3,(H,14,15)(H,16,17). The lowest BCUT2D eigenvalue weighted by atomic mass is 10.1. The summed E-state index contributed by atoms with van der Waals surface area (Å²) in [5, 5.41) is 11.2. The number of aliphatic carboxylic acids is 1. The zero-order chi connectivity index (χ0) is 14.1. The summed E-state index contributed by atoms with van der Waals surface area (Å²) >= 11 is 0. The van der Waals surface area contributed by atoms with Gasteiger partial charge in [-0.1, -0.05) is 13.8 Å². The van der Waals surface area contributed by atoms with Crippen LogP contribution >= 0.6 is 0 Å². The molecule has 0 aliphatic heterocycles. The SMILES string of the molecule is CC(C)CC(C)OCCC(=O)NC(C)CC(=O)O.